The largest absolute Gasteiger partial charge is 0.477 e. The second kappa shape index (κ2) is 6.82. The molecule has 1 fully saturated rings. The number of carboxylic acids is 1. The van der Waals surface area contributed by atoms with E-state index in [1.807, 2.05) is 18.5 Å². The summed E-state index contributed by atoms with van der Waals surface area (Å²) in [5.74, 6) is -0.148. The molecule has 2 aromatic heterocycles. The van der Waals surface area contributed by atoms with Gasteiger partial charge in [0, 0.05) is 18.4 Å². The Morgan fingerprint density at radius 1 is 1.24 bits per heavy atom. The van der Waals surface area contributed by atoms with Crippen molar-refractivity contribution in [3.63, 3.8) is 0 Å². The zero-order valence-corrected chi connectivity index (χ0v) is 14.9. The molecule has 0 aromatic carbocycles. The number of aromatic carboxylic acids is 1. The molecule has 0 atom stereocenters. The molecular weight excluding hydrogens is 320 g/mol. The number of carboxylic acid groups (broad SMARTS) is 1. The van der Waals surface area contributed by atoms with Crippen LogP contribution in [-0.2, 0) is 0 Å². The average molecular weight is 344 g/mol. The van der Waals surface area contributed by atoms with Gasteiger partial charge in [-0.05, 0) is 33.6 Å². The van der Waals surface area contributed by atoms with Crippen molar-refractivity contribution < 1.29 is 9.90 Å². The molecule has 7 nitrogen and oxygen atoms in total. The van der Waals surface area contributed by atoms with E-state index in [0.29, 0.717) is 17.2 Å². The quantitative estimate of drug-likeness (QED) is 0.920. The van der Waals surface area contributed by atoms with Crippen LogP contribution >= 0.6 is 0 Å². The standard InChI is InChI=1S/C18H24N4O3/c1-11(2)21-9-14(16(23)15(10-21)18(24)25)17-19-12(3)20-22(17)13-7-5-4-6-8-13/h9-11,13H,4-8H2,1-3H3,(H,24,25). The van der Waals surface area contributed by atoms with Crippen molar-refractivity contribution in [2.45, 2.75) is 65.0 Å². The van der Waals surface area contributed by atoms with E-state index in [1.54, 1.807) is 17.7 Å². The molecule has 0 spiro atoms. The van der Waals surface area contributed by atoms with Crippen LogP contribution in [0.2, 0.25) is 0 Å². The Morgan fingerprint density at radius 2 is 1.92 bits per heavy atom. The summed E-state index contributed by atoms with van der Waals surface area (Å²) in [5.41, 5.74) is -0.435. The van der Waals surface area contributed by atoms with Gasteiger partial charge in [-0.15, -0.1) is 0 Å². The lowest BCUT2D eigenvalue weighted by Gasteiger charge is -2.23. The van der Waals surface area contributed by atoms with E-state index in [0.717, 1.165) is 25.7 Å². The minimum atomic E-state index is -1.22. The third-order valence-corrected chi connectivity index (χ3v) is 4.77. The Hall–Kier alpha value is -2.44. The summed E-state index contributed by atoms with van der Waals surface area (Å²) < 4.78 is 3.58. The van der Waals surface area contributed by atoms with Crippen LogP contribution in [0.25, 0.3) is 11.4 Å². The highest BCUT2D eigenvalue weighted by molar-refractivity contribution is 5.88. The second-order valence-corrected chi connectivity index (χ2v) is 6.98. The molecule has 2 aromatic rings. The molecule has 1 aliphatic carbocycles. The first-order valence-corrected chi connectivity index (χ1v) is 8.81. The van der Waals surface area contributed by atoms with Crippen LogP contribution in [-0.4, -0.2) is 30.4 Å². The van der Waals surface area contributed by atoms with Gasteiger partial charge in [-0.3, -0.25) is 4.79 Å². The van der Waals surface area contributed by atoms with Gasteiger partial charge in [0.05, 0.1) is 11.6 Å². The van der Waals surface area contributed by atoms with Crippen molar-refractivity contribution in [1.82, 2.24) is 19.3 Å². The second-order valence-electron chi connectivity index (χ2n) is 6.98. The topological polar surface area (TPSA) is 90.0 Å². The summed E-state index contributed by atoms with van der Waals surface area (Å²) in [5, 5.41) is 13.9. The number of aromatic nitrogens is 4. The molecule has 0 amide bonds. The van der Waals surface area contributed by atoms with Gasteiger partial charge in [-0.2, -0.15) is 5.10 Å². The maximum Gasteiger partial charge on any atom is 0.341 e. The van der Waals surface area contributed by atoms with E-state index in [4.69, 9.17) is 0 Å². The number of rotatable bonds is 4. The van der Waals surface area contributed by atoms with Crippen LogP contribution in [0.15, 0.2) is 17.2 Å². The van der Waals surface area contributed by atoms with Gasteiger partial charge in [0.1, 0.15) is 11.4 Å². The first-order chi connectivity index (χ1) is 11.9. The number of aryl methyl sites for hydroxylation is 1. The number of hydrogen-bond acceptors (Lipinski definition) is 4. The third-order valence-electron chi connectivity index (χ3n) is 4.77. The first kappa shape index (κ1) is 17.4. The van der Waals surface area contributed by atoms with Crippen molar-refractivity contribution in [3.05, 3.63) is 34.0 Å². The van der Waals surface area contributed by atoms with Gasteiger partial charge in [0.25, 0.3) is 0 Å². The van der Waals surface area contributed by atoms with E-state index in [1.165, 1.54) is 12.6 Å². The highest BCUT2D eigenvalue weighted by Crippen LogP contribution is 2.30. The summed E-state index contributed by atoms with van der Waals surface area (Å²) in [6.07, 6.45) is 8.59. The number of nitrogens with zero attached hydrogens (tertiary/aromatic N) is 4. The fourth-order valence-electron chi connectivity index (χ4n) is 3.40. The zero-order valence-electron chi connectivity index (χ0n) is 14.9. The minimum Gasteiger partial charge on any atom is -0.477 e. The molecule has 25 heavy (non-hydrogen) atoms. The van der Waals surface area contributed by atoms with Crippen LogP contribution in [0.3, 0.4) is 0 Å². The SMILES string of the molecule is Cc1nc(-c2cn(C(C)C)cc(C(=O)O)c2=O)n(C2CCCCC2)n1. The summed E-state index contributed by atoms with van der Waals surface area (Å²) >= 11 is 0. The molecule has 7 heteroatoms. The van der Waals surface area contributed by atoms with Crippen LogP contribution in [0.1, 0.15) is 74.2 Å². The molecule has 2 heterocycles. The van der Waals surface area contributed by atoms with E-state index < -0.39 is 11.4 Å². The lowest BCUT2D eigenvalue weighted by molar-refractivity contribution is 0.0694. The molecule has 0 unspecified atom stereocenters. The molecule has 134 valence electrons. The third kappa shape index (κ3) is 3.36. The monoisotopic (exact) mass is 344 g/mol. The Balaban J connectivity index is 2.19. The Kier molecular flexibility index (Phi) is 4.74. The fraction of sp³-hybridized carbons (Fsp3) is 0.556. The van der Waals surface area contributed by atoms with Crippen molar-refractivity contribution in [3.8, 4) is 11.4 Å². The number of hydrogen-bond donors (Lipinski definition) is 1. The Labute approximate surface area is 146 Å². The van der Waals surface area contributed by atoms with Gasteiger partial charge in [-0.25, -0.2) is 14.5 Å². The molecule has 1 saturated carbocycles. The Morgan fingerprint density at radius 3 is 2.52 bits per heavy atom. The average Bonchev–Trinajstić information content (AvgIpc) is 2.97. The number of carbonyl (C=O) groups is 1. The minimum absolute atomic E-state index is 0.0320. The van der Waals surface area contributed by atoms with E-state index in [-0.39, 0.29) is 17.6 Å². The first-order valence-electron chi connectivity index (χ1n) is 8.81. The summed E-state index contributed by atoms with van der Waals surface area (Å²) in [4.78, 5) is 28.7. The molecule has 1 aliphatic rings. The van der Waals surface area contributed by atoms with Gasteiger partial charge >= 0.3 is 5.97 Å². The predicted octanol–water partition coefficient (Wildman–Crippen LogP) is 3.20. The smallest absolute Gasteiger partial charge is 0.341 e. The highest BCUT2D eigenvalue weighted by atomic mass is 16.4. The van der Waals surface area contributed by atoms with Gasteiger partial charge < -0.3 is 9.67 Å². The van der Waals surface area contributed by atoms with Crippen LogP contribution < -0.4 is 5.43 Å². The van der Waals surface area contributed by atoms with Crippen molar-refractivity contribution >= 4 is 5.97 Å². The Bertz CT molecular complexity index is 844. The molecule has 0 bridgehead atoms. The molecule has 3 rings (SSSR count). The maximum atomic E-state index is 12.8. The van der Waals surface area contributed by atoms with Gasteiger partial charge in [0.2, 0.25) is 5.43 Å². The van der Waals surface area contributed by atoms with Gasteiger partial charge in [0.15, 0.2) is 5.82 Å². The summed E-state index contributed by atoms with van der Waals surface area (Å²) in [6, 6.07) is 0.245. The summed E-state index contributed by atoms with van der Waals surface area (Å²) in [7, 11) is 0. The normalized spacial score (nSPS) is 15.7. The number of pyridine rings is 1. The van der Waals surface area contributed by atoms with Crippen LogP contribution in [0.5, 0.6) is 0 Å². The predicted molar refractivity (Wildman–Crippen MR) is 93.9 cm³/mol. The molecule has 0 aliphatic heterocycles. The lowest BCUT2D eigenvalue weighted by atomic mass is 9.95. The highest BCUT2D eigenvalue weighted by Gasteiger charge is 2.25. The van der Waals surface area contributed by atoms with Crippen LogP contribution in [0, 0.1) is 6.92 Å². The molecule has 0 saturated heterocycles. The van der Waals surface area contributed by atoms with E-state index >= 15 is 0 Å². The zero-order chi connectivity index (χ0) is 18.1. The lowest BCUT2D eigenvalue weighted by Crippen LogP contribution is -2.23. The maximum absolute atomic E-state index is 12.8. The van der Waals surface area contributed by atoms with Crippen molar-refractivity contribution in [2.75, 3.05) is 0 Å². The van der Waals surface area contributed by atoms with Gasteiger partial charge in [-0.1, -0.05) is 19.3 Å². The summed E-state index contributed by atoms with van der Waals surface area (Å²) in [6.45, 7) is 5.68. The van der Waals surface area contributed by atoms with E-state index in [2.05, 4.69) is 10.1 Å². The molecular formula is C18H24N4O3. The molecule has 1 N–H and O–H groups in total. The van der Waals surface area contributed by atoms with Crippen molar-refractivity contribution in [2.24, 2.45) is 0 Å². The molecule has 0 radical (unpaired) electrons. The van der Waals surface area contributed by atoms with E-state index in [9.17, 15) is 14.7 Å². The fourth-order valence-corrected chi connectivity index (χ4v) is 3.40. The van der Waals surface area contributed by atoms with Crippen LogP contribution in [0.4, 0.5) is 0 Å². The van der Waals surface area contributed by atoms with Crippen molar-refractivity contribution in [1.29, 1.82) is 0 Å².